The monoisotopic (exact) mass is 316 g/mol. The highest BCUT2D eigenvalue weighted by molar-refractivity contribution is 5.79. The largest absolute Gasteiger partial charge is 0.356 e. The van der Waals surface area contributed by atoms with Gasteiger partial charge in [0, 0.05) is 38.8 Å². The minimum atomic E-state index is 0.630. The van der Waals surface area contributed by atoms with Crippen LogP contribution in [0.5, 0.6) is 0 Å². The van der Waals surface area contributed by atoms with Crippen LogP contribution in [0.15, 0.2) is 35.3 Å². The molecule has 0 atom stereocenters. The van der Waals surface area contributed by atoms with Gasteiger partial charge in [0.25, 0.3) is 0 Å². The Labute approximate surface area is 141 Å². The topological polar surface area (TPSA) is 39.7 Å². The Balaban J connectivity index is 1.59. The van der Waals surface area contributed by atoms with Gasteiger partial charge >= 0.3 is 0 Å². The van der Waals surface area contributed by atoms with Crippen molar-refractivity contribution in [2.24, 2.45) is 4.99 Å². The molecule has 1 aromatic carbocycles. The molecule has 23 heavy (non-hydrogen) atoms. The van der Waals surface area contributed by atoms with Crippen molar-refractivity contribution < 1.29 is 0 Å². The Kier molecular flexibility index (Phi) is 7.40. The van der Waals surface area contributed by atoms with Crippen molar-refractivity contribution in [3.63, 3.8) is 0 Å². The first-order valence-electron chi connectivity index (χ1n) is 8.95. The van der Waals surface area contributed by atoms with Crippen LogP contribution in [0.25, 0.3) is 0 Å². The molecule has 0 heterocycles. The van der Waals surface area contributed by atoms with Crippen LogP contribution in [-0.2, 0) is 6.42 Å². The van der Waals surface area contributed by atoms with E-state index in [1.807, 2.05) is 7.05 Å². The molecule has 1 aliphatic rings. The van der Waals surface area contributed by atoms with Crippen LogP contribution < -0.4 is 10.6 Å². The quantitative estimate of drug-likeness (QED) is 0.418. The summed E-state index contributed by atoms with van der Waals surface area (Å²) in [4.78, 5) is 6.90. The zero-order valence-electron chi connectivity index (χ0n) is 14.9. The zero-order chi connectivity index (χ0) is 16.5. The summed E-state index contributed by atoms with van der Waals surface area (Å²) in [5.74, 6) is 0.914. The van der Waals surface area contributed by atoms with Gasteiger partial charge in [-0.05, 0) is 45.1 Å². The number of nitrogens with one attached hydrogen (secondary N) is 2. The van der Waals surface area contributed by atoms with Crippen LogP contribution in [0.4, 0.5) is 0 Å². The minimum absolute atomic E-state index is 0.630. The molecule has 4 nitrogen and oxygen atoms in total. The van der Waals surface area contributed by atoms with Crippen molar-refractivity contribution >= 4 is 5.96 Å². The van der Waals surface area contributed by atoms with Crippen molar-refractivity contribution in [2.45, 2.75) is 51.6 Å². The summed E-state index contributed by atoms with van der Waals surface area (Å²) >= 11 is 0. The lowest BCUT2D eigenvalue weighted by Crippen LogP contribution is -2.44. The number of aryl methyl sites for hydroxylation is 1. The summed E-state index contributed by atoms with van der Waals surface area (Å²) in [6.07, 6.45) is 4.95. The predicted molar refractivity (Wildman–Crippen MR) is 99.0 cm³/mol. The third kappa shape index (κ3) is 6.61. The summed E-state index contributed by atoms with van der Waals surface area (Å²) in [5, 5.41) is 6.84. The second-order valence-electron chi connectivity index (χ2n) is 6.58. The SMILES string of the molecule is CN=C(NCCCc1ccccc1)NCCN(C(C)C)C1CC1. The Morgan fingerprint density at radius 2 is 1.87 bits per heavy atom. The van der Waals surface area contributed by atoms with E-state index in [-0.39, 0.29) is 0 Å². The standard InChI is InChI=1S/C19H32N4/c1-16(2)23(18-11-12-18)15-14-22-19(20-3)21-13-7-10-17-8-5-4-6-9-17/h4-6,8-9,16,18H,7,10-15H2,1-3H3,(H2,20,21,22). The lowest BCUT2D eigenvalue weighted by Gasteiger charge is -2.26. The summed E-state index contributed by atoms with van der Waals surface area (Å²) in [6, 6.07) is 12.1. The van der Waals surface area contributed by atoms with Gasteiger partial charge in [0.1, 0.15) is 0 Å². The lowest BCUT2D eigenvalue weighted by atomic mass is 10.1. The van der Waals surface area contributed by atoms with E-state index in [1.165, 1.54) is 18.4 Å². The normalized spacial score (nSPS) is 15.3. The maximum absolute atomic E-state index is 4.31. The number of rotatable bonds is 9. The van der Waals surface area contributed by atoms with E-state index in [9.17, 15) is 0 Å². The molecule has 1 fully saturated rings. The minimum Gasteiger partial charge on any atom is -0.356 e. The van der Waals surface area contributed by atoms with Crippen molar-refractivity contribution in [3.8, 4) is 0 Å². The predicted octanol–water partition coefficient (Wildman–Crippen LogP) is 2.66. The molecule has 2 N–H and O–H groups in total. The van der Waals surface area contributed by atoms with Gasteiger partial charge in [-0.15, -0.1) is 0 Å². The van der Waals surface area contributed by atoms with Gasteiger partial charge in [0.05, 0.1) is 0 Å². The van der Waals surface area contributed by atoms with Gasteiger partial charge < -0.3 is 10.6 Å². The summed E-state index contributed by atoms with van der Waals surface area (Å²) in [5.41, 5.74) is 1.40. The van der Waals surface area contributed by atoms with Crippen LogP contribution in [-0.4, -0.2) is 49.6 Å². The maximum atomic E-state index is 4.31. The van der Waals surface area contributed by atoms with Crippen LogP contribution in [0.3, 0.4) is 0 Å². The summed E-state index contributed by atoms with van der Waals surface area (Å²) in [6.45, 7) is 7.56. The van der Waals surface area contributed by atoms with Crippen molar-refractivity contribution in [1.29, 1.82) is 0 Å². The fraction of sp³-hybridized carbons (Fsp3) is 0.632. The zero-order valence-corrected chi connectivity index (χ0v) is 14.9. The average Bonchev–Trinajstić information content (AvgIpc) is 3.38. The molecule has 1 saturated carbocycles. The summed E-state index contributed by atoms with van der Waals surface area (Å²) < 4.78 is 0. The van der Waals surface area contributed by atoms with E-state index in [1.54, 1.807) is 0 Å². The third-order valence-corrected chi connectivity index (χ3v) is 4.34. The van der Waals surface area contributed by atoms with E-state index in [0.717, 1.165) is 44.5 Å². The molecule has 0 amide bonds. The van der Waals surface area contributed by atoms with Crippen LogP contribution in [0, 0.1) is 0 Å². The molecule has 0 aromatic heterocycles. The number of benzene rings is 1. The highest BCUT2D eigenvalue weighted by Gasteiger charge is 2.29. The van der Waals surface area contributed by atoms with E-state index in [0.29, 0.717) is 6.04 Å². The average molecular weight is 316 g/mol. The molecule has 0 bridgehead atoms. The molecule has 128 valence electrons. The van der Waals surface area contributed by atoms with Gasteiger partial charge in [-0.1, -0.05) is 30.3 Å². The van der Waals surface area contributed by atoms with Crippen LogP contribution in [0.2, 0.25) is 0 Å². The Morgan fingerprint density at radius 3 is 2.48 bits per heavy atom. The van der Waals surface area contributed by atoms with Crippen molar-refractivity contribution in [2.75, 3.05) is 26.7 Å². The number of aliphatic imine (C=N–C) groups is 1. The Hall–Kier alpha value is -1.55. The molecule has 0 saturated heterocycles. The Morgan fingerprint density at radius 1 is 1.17 bits per heavy atom. The smallest absolute Gasteiger partial charge is 0.191 e. The third-order valence-electron chi connectivity index (χ3n) is 4.34. The van der Waals surface area contributed by atoms with Gasteiger partial charge in [0.15, 0.2) is 5.96 Å². The van der Waals surface area contributed by atoms with Gasteiger partial charge in [-0.2, -0.15) is 0 Å². The van der Waals surface area contributed by atoms with Crippen LogP contribution >= 0.6 is 0 Å². The van der Waals surface area contributed by atoms with Gasteiger partial charge in [0.2, 0.25) is 0 Å². The molecule has 0 unspecified atom stereocenters. The van der Waals surface area contributed by atoms with E-state index in [2.05, 4.69) is 64.7 Å². The summed E-state index contributed by atoms with van der Waals surface area (Å²) in [7, 11) is 1.84. The van der Waals surface area contributed by atoms with Gasteiger partial charge in [-0.25, -0.2) is 0 Å². The fourth-order valence-corrected chi connectivity index (χ4v) is 2.94. The van der Waals surface area contributed by atoms with Crippen LogP contribution in [0.1, 0.15) is 38.7 Å². The highest BCUT2D eigenvalue weighted by Crippen LogP contribution is 2.27. The second kappa shape index (κ2) is 9.56. The van der Waals surface area contributed by atoms with Crippen molar-refractivity contribution in [1.82, 2.24) is 15.5 Å². The van der Waals surface area contributed by atoms with Gasteiger partial charge in [-0.3, -0.25) is 9.89 Å². The number of hydrogen-bond acceptors (Lipinski definition) is 2. The molecule has 1 aromatic rings. The molecule has 0 aliphatic heterocycles. The highest BCUT2D eigenvalue weighted by atomic mass is 15.2. The van der Waals surface area contributed by atoms with E-state index < -0.39 is 0 Å². The number of nitrogens with zero attached hydrogens (tertiary/aromatic N) is 2. The first kappa shape index (κ1) is 17.8. The molecule has 0 radical (unpaired) electrons. The van der Waals surface area contributed by atoms with E-state index in [4.69, 9.17) is 0 Å². The molecular weight excluding hydrogens is 284 g/mol. The number of hydrogen-bond donors (Lipinski definition) is 2. The lowest BCUT2D eigenvalue weighted by molar-refractivity contribution is 0.215. The molecular formula is C19H32N4. The first-order valence-corrected chi connectivity index (χ1v) is 8.95. The van der Waals surface area contributed by atoms with E-state index >= 15 is 0 Å². The Bertz CT molecular complexity index is 464. The fourth-order valence-electron chi connectivity index (χ4n) is 2.94. The molecule has 1 aliphatic carbocycles. The maximum Gasteiger partial charge on any atom is 0.191 e. The number of guanidine groups is 1. The first-order chi connectivity index (χ1) is 11.2. The molecule has 4 heteroatoms. The second-order valence-corrected chi connectivity index (χ2v) is 6.58. The molecule has 2 rings (SSSR count). The van der Waals surface area contributed by atoms with Crippen molar-refractivity contribution in [3.05, 3.63) is 35.9 Å². The molecule has 0 spiro atoms.